The van der Waals surface area contributed by atoms with E-state index in [1.165, 1.54) is 4.90 Å². The number of hydrogen-bond acceptors (Lipinski definition) is 8. The molecule has 0 radical (unpaired) electrons. The molecule has 2 amide bonds. The second-order valence-corrected chi connectivity index (χ2v) is 9.63. The van der Waals surface area contributed by atoms with Gasteiger partial charge in [-0.2, -0.15) is 4.98 Å². The Kier molecular flexibility index (Phi) is 7.98. The first-order valence-corrected chi connectivity index (χ1v) is 12.5. The molecule has 0 fully saturated rings. The number of H-pyrrole nitrogens is 1. The van der Waals surface area contributed by atoms with Crippen LogP contribution in [0.25, 0.3) is 11.6 Å². The molecule has 3 aromatic rings. The first-order valence-electron chi connectivity index (χ1n) is 12.2. The fourth-order valence-electron chi connectivity index (χ4n) is 4.30. The number of aromatic amines is 1. The summed E-state index contributed by atoms with van der Waals surface area (Å²) in [4.78, 5) is 43.6. The van der Waals surface area contributed by atoms with Crippen molar-refractivity contribution < 1.29 is 14.3 Å². The molecule has 1 aliphatic rings. The topological polar surface area (TPSA) is 151 Å². The summed E-state index contributed by atoms with van der Waals surface area (Å²) in [5.74, 6) is 0.379. The van der Waals surface area contributed by atoms with E-state index in [0.717, 1.165) is 11.1 Å². The van der Waals surface area contributed by atoms with Crippen LogP contribution in [0, 0.1) is 13.8 Å². The number of amides is 2. The first-order chi connectivity index (χ1) is 18.1. The van der Waals surface area contributed by atoms with E-state index < -0.39 is 0 Å². The minimum Gasteiger partial charge on any atom is -0.496 e. The Morgan fingerprint density at radius 2 is 2.05 bits per heavy atom. The van der Waals surface area contributed by atoms with Crippen molar-refractivity contribution in [1.29, 1.82) is 0 Å². The maximum Gasteiger partial charge on any atom is 0.260 e. The van der Waals surface area contributed by atoms with Gasteiger partial charge in [0, 0.05) is 48.3 Å². The number of hydrogen-bond donors (Lipinski definition) is 4. The van der Waals surface area contributed by atoms with Crippen LogP contribution in [0.4, 0.5) is 11.8 Å². The molecule has 200 valence electrons. The van der Waals surface area contributed by atoms with Crippen LogP contribution < -0.4 is 26.0 Å². The normalized spacial score (nSPS) is 13.9. The van der Waals surface area contributed by atoms with Crippen molar-refractivity contribution in [2.75, 3.05) is 30.8 Å². The Labute approximate surface area is 225 Å². The average Bonchev–Trinajstić information content (AvgIpc) is 3.42. The van der Waals surface area contributed by atoms with Crippen molar-refractivity contribution in [3.63, 3.8) is 0 Å². The van der Waals surface area contributed by atoms with E-state index in [0.29, 0.717) is 53.2 Å². The maximum atomic E-state index is 13.7. The van der Waals surface area contributed by atoms with Gasteiger partial charge in [0.15, 0.2) is 5.82 Å². The third kappa shape index (κ3) is 5.48. The average molecular weight is 539 g/mol. The molecule has 12 heteroatoms. The second kappa shape index (κ2) is 11.2. The minimum absolute atomic E-state index is 0.0512. The highest BCUT2D eigenvalue weighted by molar-refractivity contribution is 6.41. The quantitative estimate of drug-likeness (QED) is 0.184. The number of carbonyl (C=O) groups excluding carboxylic acids is 2. The van der Waals surface area contributed by atoms with Crippen LogP contribution in [-0.4, -0.2) is 58.0 Å². The highest BCUT2D eigenvalue weighted by Crippen LogP contribution is 2.41. The molecule has 5 N–H and O–H groups in total. The standard InChI is InChI=1S/C26H31ClN8O3/c1-13(2)29-6-7-30-24(36)16-8-17(31-11-16)9-18-20-22(27)33-26(28)34-23(20)35(25(18)37)12-19-15(4)21(38-5)14(3)10-32-19/h8-11,13,29,31H,6-7,12H2,1-5H3,(H,30,36)(H2,28,33,34). The number of fused-ring (bicyclic) bond motifs is 1. The van der Waals surface area contributed by atoms with E-state index in [-0.39, 0.29) is 35.0 Å². The monoisotopic (exact) mass is 538 g/mol. The molecular weight excluding hydrogens is 508 g/mol. The molecule has 1 aliphatic heterocycles. The molecule has 0 bridgehead atoms. The van der Waals surface area contributed by atoms with Gasteiger partial charge in [-0.05, 0) is 26.0 Å². The minimum atomic E-state index is -0.345. The Morgan fingerprint density at radius 3 is 2.76 bits per heavy atom. The van der Waals surface area contributed by atoms with Gasteiger partial charge in [0.25, 0.3) is 11.8 Å². The maximum absolute atomic E-state index is 13.7. The van der Waals surface area contributed by atoms with Crippen molar-refractivity contribution in [3.8, 4) is 5.75 Å². The van der Waals surface area contributed by atoms with E-state index in [2.05, 4.69) is 30.6 Å². The molecule has 0 aliphatic carbocycles. The number of ether oxygens (including phenoxy) is 1. The predicted molar refractivity (Wildman–Crippen MR) is 147 cm³/mol. The van der Waals surface area contributed by atoms with Gasteiger partial charge < -0.3 is 26.1 Å². The summed E-state index contributed by atoms with van der Waals surface area (Å²) in [6.07, 6.45) is 4.91. The molecule has 11 nitrogen and oxygen atoms in total. The number of aromatic nitrogens is 4. The number of anilines is 2. The van der Waals surface area contributed by atoms with Gasteiger partial charge in [-0.25, -0.2) is 4.98 Å². The second-order valence-electron chi connectivity index (χ2n) is 9.28. The van der Waals surface area contributed by atoms with Gasteiger partial charge in [0.1, 0.15) is 10.9 Å². The van der Waals surface area contributed by atoms with Crippen molar-refractivity contribution in [2.45, 2.75) is 40.3 Å². The third-order valence-electron chi connectivity index (χ3n) is 6.15. The Balaban J connectivity index is 1.63. The lowest BCUT2D eigenvalue weighted by Crippen LogP contribution is -2.34. The van der Waals surface area contributed by atoms with Gasteiger partial charge in [-0.1, -0.05) is 25.4 Å². The van der Waals surface area contributed by atoms with E-state index in [9.17, 15) is 9.59 Å². The number of nitrogens with zero attached hydrogens (tertiary/aromatic N) is 4. The first kappa shape index (κ1) is 27.1. The van der Waals surface area contributed by atoms with E-state index in [1.54, 1.807) is 31.6 Å². The van der Waals surface area contributed by atoms with Crippen molar-refractivity contribution in [3.05, 3.63) is 57.3 Å². The number of rotatable bonds is 9. The lowest BCUT2D eigenvalue weighted by atomic mass is 10.1. The number of carbonyl (C=O) groups is 2. The number of nitrogens with one attached hydrogen (secondary N) is 3. The highest BCUT2D eigenvalue weighted by Gasteiger charge is 2.37. The van der Waals surface area contributed by atoms with Crippen LogP contribution in [-0.2, 0) is 11.3 Å². The van der Waals surface area contributed by atoms with E-state index in [1.807, 2.05) is 27.7 Å². The lowest BCUT2D eigenvalue weighted by Gasteiger charge is -2.19. The largest absolute Gasteiger partial charge is 0.496 e. The van der Waals surface area contributed by atoms with Gasteiger partial charge >= 0.3 is 0 Å². The van der Waals surface area contributed by atoms with Crippen LogP contribution in [0.5, 0.6) is 5.75 Å². The molecular formula is C26H31ClN8O3. The fraction of sp³-hybridized carbons (Fsp3) is 0.346. The number of methoxy groups -OCH3 is 1. The number of halogens is 1. The molecule has 38 heavy (non-hydrogen) atoms. The number of nitrogen functional groups attached to an aromatic ring is 1. The van der Waals surface area contributed by atoms with Crippen LogP contribution >= 0.6 is 11.6 Å². The summed E-state index contributed by atoms with van der Waals surface area (Å²) < 4.78 is 5.52. The summed E-state index contributed by atoms with van der Waals surface area (Å²) in [6, 6.07) is 2.00. The summed E-state index contributed by atoms with van der Waals surface area (Å²) in [5.41, 5.74) is 9.85. The molecule has 4 rings (SSSR count). The summed E-state index contributed by atoms with van der Waals surface area (Å²) >= 11 is 6.45. The zero-order valence-electron chi connectivity index (χ0n) is 22.0. The Hall–Kier alpha value is -3.96. The highest BCUT2D eigenvalue weighted by atomic mass is 35.5. The van der Waals surface area contributed by atoms with E-state index >= 15 is 0 Å². The summed E-state index contributed by atoms with van der Waals surface area (Å²) in [6.45, 7) is 9.15. The molecule has 0 unspecified atom stereocenters. The van der Waals surface area contributed by atoms with Gasteiger partial charge in [0.2, 0.25) is 5.95 Å². The lowest BCUT2D eigenvalue weighted by molar-refractivity contribution is -0.113. The number of pyridine rings is 1. The Bertz CT molecular complexity index is 1420. The Morgan fingerprint density at radius 1 is 1.29 bits per heavy atom. The van der Waals surface area contributed by atoms with Crippen LogP contribution in [0.1, 0.15) is 52.3 Å². The fourth-order valence-corrected chi connectivity index (χ4v) is 4.57. The SMILES string of the molecule is COc1c(C)cnc(CN2C(=O)C(=Cc3cc(C(=O)NCCNC(C)C)c[nH]3)c3c(Cl)nc(N)nc32)c1C. The molecule has 4 heterocycles. The zero-order chi connectivity index (χ0) is 27.6. The number of aryl methyl sites for hydroxylation is 1. The third-order valence-corrected chi connectivity index (χ3v) is 6.43. The molecule has 0 saturated carbocycles. The van der Waals surface area contributed by atoms with Crippen molar-refractivity contribution in [2.24, 2.45) is 0 Å². The van der Waals surface area contributed by atoms with Gasteiger partial charge in [-0.15, -0.1) is 0 Å². The smallest absolute Gasteiger partial charge is 0.260 e. The van der Waals surface area contributed by atoms with Gasteiger partial charge in [-0.3, -0.25) is 19.5 Å². The molecule has 3 aromatic heterocycles. The van der Waals surface area contributed by atoms with Crippen molar-refractivity contribution in [1.82, 2.24) is 30.6 Å². The van der Waals surface area contributed by atoms with E-state index in [4.69, 9.17) is 22.1 Å². The van der Waals surface area contributed by atoms with Crippen LogP contribution in [0.3, 0.4) is 0 Å². The van der Waals surface area contributed by atoms with Crippen molar-refractivity contribution >= 4 is 46.8 Å². The van der Waals surface area contributed by atoms with Crippen LogP contribution in [0.15, 0.2) is 18.5 Å². The van der Waals surface area contributed by atoms with Crippen LogP contribution in [0.2, 0.25) is 5.15 Å². The molecule has 0 aromatic carbocycles. The number of nitrogens with two attached hydrogens (primary N) is 1. The predicted octanol–water partition coefficient (Wildman–Crippen LogP) is 2.88. The van der Waals surface area contributed by atoms with Gasteiger partial charge in [0.05, 0.1) is 36.0 Å². The zero-order valence-corrected chi connectivity index (χ0v) is 22.7. The molecule has 0 spiro atoms. The summed E-state index contributed by atoms with van der Waals surface area (Å²) in [7, 11) is 1.59. The molecule has 0 saturated heterocycles. The summed E-state index contributed by atoms with van der Waals surface area (Å²) in [5, 5.41) is 6.17. The molecule has 0 atom stereocenters.